The standard InChI is InChI=1S/C14H15NO7/c1-2-5-10(14(13(19)20)21-22-14)15-11(16)8-6-3-4-7-9(8)12(17)18/h3-4,6-7,10H,2,5H2,1H3,(H,15,16)(H,17,18)(H,19,20). The summed E-state index contributed by atoms with van der Waals surface area (Å²) in [7, 11) is 0. The van der Waals surface area contributed by atoms with Gasteiger partial charge in [0.15, 0.2) is 0 Å². The summed E-state index contributed by atoms with van der Waals surface area (Å²) in [6, 6.07) is 4.74. The minimum atomic E-state index is -1.90. The lowest BCUT2D eigenvalue weighted by atomic mass is 10.0. The van der Waals surface area contributed by atoms with Gasteiger partial charge in [-0.2, -0.15) is 9.78 Å². The van der Waals surface area contributed by atoms with E-state index >= 15 is 0 Å². The summed E-state index contributed by atoms with van der Waals surface area (Å²) >= 11 is 0. The van der Waals surface area contributed by atoms with E-state index in [1.807, 2.05) is 6.92 Å². The third kappa shape index (κ3) is 2.92. The van der Waals surface area contributed by atoms with E-state index in [0.717, 1.165) is 0 Å². The predicted molar refractivity (Wildman–Crippen MR) is 72.1 cm³/mol. The second-order valence-electron chi connectivity index (χ2n) is 4.80. The Bertz CT molecular complexity index is 609. The molecular weight excluding hydrogens is 294 g/mol. The second-order valence-corrected chi connectivity index (χ2v) is 4.80. The summed E-state index contributed by atoms with van der Waals surface area (Å²) < 4.78 is 0. The van der Waals surface area contributed by atoms with Crippen LogP contribution in [0.15, 0.2) is 24.3 Å². The Morgan fingerprint density at radius 3 is 2.23 bits per heavy atom. The fraction of sp³-hybridized carbons (Fsp3) is 0.357. The summed E-state index contributed by atoms with van der Waals surface area (Å²) in [6.07, 6.45) is 0.876. The first-order valence-corrected chi connectivity index (χ1v) is 6.65. The van der Waals surface area contributed by atoms with E-state index in [9.17, 15) is 14.4 Å². The maximum atomic E-state index is 12.3. The van der Waals surface area contributed by atoms with Crippen LogP contribution in [0.2, 0.25) is 0 Å². The van der Waals surface area contributed by atoms with Crippen molar-refractivity contribution in [3.05, 3.63) is 35.4 Å². The van der Waals surface area contributed by atoms with E-state index in [0.29, 0.717) is 12.8 Å². The van der Waals surface area contributed by atoms with Gasteiger partial charge in [-0.3, -0.25) is 4.79 Å². The van der Waals surface area contributed by atoms with E-state index < -0.39 is 29.7 Å². The Kier molecular flexibility index (Phi) is 4.43. The molecule has 1 saturated heterocycles. The van der Waals surface area contributed by atoms with Crippen LogP contribution in [0.3, 0.4) is 0 Å². The number of hydrogen-bond acceptors (Lipinski definition) is 5. The molecule has 1 atom stereocenters. The number of aromatic carboxylic acids is 1. The lowest BCUT2D eigenvalue weighted by Gasteiger charge is -2.19. The molecule has 1 heterocycles. The van der Waals surface area contributed by atoms with Gasteiger partial charge in [-0.25, -0.2) is 9.59 Å². The van der Waals surface area contributed by atoms with E-state index in [4.69, 9.17) is 10.2 Å². The van der Waals surface area contributed by atoms with Crippen molar-refractivity contribution >= 4 is 17.8 Å². The van der Waals surface area contributed by atoms with Crippen molar-refractivity contribution < 1.29 is 34.4 Å². The van der Waals surface area contributed by atoms with Gasteiger partial charge in [0.25, 0.3) is 5.91 Å². The van der Waals surface area contributed by atoms with Crippen molar-refractivity contribution in [2.24, 2.45) is 0 Å². The van der Waals surface area contributed by atoms with Crippen LogP contribution in [0.1, 0.15) is 40.5 Å². The summed E-state index contributed by atoms with van der Waals surface area (Å²) in [5.41, 5.74) is -0.227. The zero-order chi connectivity index (χ0) is 16.3. The van der Waals surface area contributed by atoms with Gasteiger partial charge in [-0.1, -0.05) is 25.5 Å². The van der Waals surface area contributed by atoms with Crippen LogP contribution < -0.4 is 5.32 Å². The van der Waals surface area contributed by atoms with Crippen molar-refractivity contribution in [1.82, 2.24) is 5.32 Å². The zero-order valence-electron chi connectivity index (χ0n) is 11.7. The van der Waals surface area contributed by atoms with Crippen LogP contribution in [0.25, 0.3) is 0 Å². The lowest BCUT2D eigenvalue weighted by molar-refractivity contribution is -0.145. The Balaban J connectivity index is 2.23. The number of hydrogen-bond donors (Lipinski definition) is 3. The highest BCUT2D eigenvalue weighted by atomic mass is 17.4. The summed E-state index contributed by atoms with van der Waals surface area (Å²) in [5.74, 6) is -5.19. The van der Waals surface area contributed by atoms with Gasteiger partial charge >= 0.3 is 17.7 Å². The Labute approximate surface area is 125 Å². The molecule has 1 aromatic carbocycles. The highest BCUT2D eigenvalue weighted by molar-refractivity contribution is 6.05. The number of carbonyl (C=O) groups excluding carboxylic acids is 1. The SMILES string of the molecule is CCCC(NC(=O)c1ccccc1C(=O)O)C1(C(=O)O)OO1. The van der Waals surface area contributed by atoms with Crippen LogP contribution >= 0.6 is 0 Å². The number of benzene rings is 1. The van der Waals surface area contributed by atoms with Gasteiger partial charge in [0.2, 0.25) is 0 Å². The van der Waals surface area contributed by atoms with Crippen molar-refractivity contribution in [3.8, 4) is 0 Å². The smallest absolute Gasteiger partial charge is 0.372 e. The van der Waals surface area contributed by atoms with E-state index in [1.165, 1.54) is 24.3 Å². The molecule has 1 aliphatic rings. The van der Waals surface area contributed by atoms with Gasteiger partial charge in [0, 0.05) is 0 Å². The lowest BCUT2D eigenvalue weighted by Crippen LogP contribution is -2.49. The molecule has 0 aromatic heterocycles. The molecule has 1 fully saturated rings. The highest BCUT2D eigenvalue weighted by Gasteiger charge is 2.63. The Morgan fingerprint density at radius 2 is 1.77 bits per heavy atom. The van der Waals surface area contributed by atoms with Gasteiger partial charge in [0.1, 0.15) is 6.04 Å². The molecule has 8 heteroatoms. The minimum absolute atomic E-state index is 0.0581. The number of carboxylic acids is 2. The number of aliphatic carboxylic acids is 1. The number of nitrogens with one attached hydrogen (secondary N) is 1. The topological polar surface area (TPSA) is 129 Å². The molecule has 3 N–H and O–H groups in total. The molecule has 2 rings (SSSR count). The predicted octanol–water partition coefficient (Wildman–Crippen LogP) is 1.03. The summed E-state index contributed by atoms with van der Waals surface area (Å²) in [4.78, 5) is 43.7. The van der Waals surface area contributed by atoms with Crippen LogP contribution in [0.5, 0.6) is 0 Å². The number of rotatable bonds is 7. The average Bonchev–Trinajstić information content (AvgIpc) is 3.28. The molecular formula is C14H15NO7. The minimum Gasteiger partial charge on any atom is -0.478 e. The van der Waals surface area contributed by atoms with Crippen molar-refractivity contribution in [1.29, 1.82) is 0 Å². The summed E-state index contributed by atoms with van der Waals surface area (Å²) in [5, 5.41) is 20.7. The van der Waals surface area contributed by atoms with Gasteiger partial charge in [0.05, 0.1) is 11.1 Å². The first-order chi connectivity index (χ1) is 10.4. The number of carbonyl (C=O) groups is 3. The van der Waals surface area contributed by atoms with Crippen molar-refractivity contribution in [2.45, 2.75) is 31.6 Å². The molecule has 0 saturated carbocycles. The van der Waals surface area contributed by atoms with Crippen molar-refractivity contribution in [2.75, 3.05) is 0 Å². The zero-order valence-corrected chi connectivity index (χ0v) is 11.7. The first kappa shape index (κ1) is 15.9. The molecule has 0 aliphatic carbocycles. The molecule has 0 bridgehead atoms. The quantitative estimate of drug-likeness (QED) is 0.506. The molecule has 22 heavy (non-hydrogen) atoms. The molecule has 1 unspecified atom stereocenters. The Hall–Kier alpha value is -2.45. The fourth-order valence-corrected chi connectivity index (χ4v) is 2.13. The fourth-order valence-electron chi connectivity index (χ4n) is 2.13. The molecule has 0 spiro atoms. The van der Waals surface area contributed by atoms with Gasteiger partial charge in [-0.15, -0.1) is 0 Å². The highest BCUT2D eigenvalue weighted by Crippen LogP contribution is 2.35. The average molecular weight is 309 g/mol. The molecule has 118 valence electrons. The van der Waals surface area contributed by atoms with Crippen LogP contribution in [-0.4, -0.2) is 39.9 Å². The van der Waals surface area contributed by atoms with E-state index in [-0.39, 0.29) is 11.1 Å². The largest absolute Gasteiger partial charge is 0.478 e. The van der Waals surface area contributed by atoms with Gasteiger partial charge < -0.3 is 15.5 Å². The third-order valence-corrected chi connectivity index (χ3v) is 3.30. The molecule has 1 aromatic rings. The second kappa shape index (κ2) is 6.12. The molecule has 1 aliphatic heterocycles. The van der Waals surface area contributed by atoms with Crippen molar-refractivity contribution in [3.63, 3.8) is 0 Å². The maximum Gasteiger partial charge on any atom is 0.372 e. The van der Waals surface area contributed by atoms with Crippen LogP contribution in [0, 0.1) is 0 Å². The molecule has 0 radical (unpaired) electrons. The Morgan fingerprint density at radius 1 is 1.18 bits per heavy atom. The monoisotopic (exact) mass is 309 g/mol. The van der Waals surface area contributed by atoms with Crippen LogP contribution in [0.4, 0.5) is 0 Å². The molecule has 1 amide bonds. The third-order valence-electron chi connectivity index (χ3n) is 3.30. The normalized spacial score (nSPS) is 16.6. The number of carboxylic acid groups (broad SMARTS) is 2. The van der Waals surface area contributed by atoms with Crippen LogP contribution in [-0.2, 0) is 14.6 Å². The van der Waals surface area contributed by atoms with E-state index in [1.54, 1.807) is 0 Å². The van der Waals surface area contributed by atoms with Gasteiger partial charge in [-0.05, 0) is 18.6 Å². The first-order valence-electron chi connectivity index (χ1n) is 6.65. The maximum absolute atomic E-state index is 12.3. The summed E-state index contributed by atoms with van der Waals surface area (Å²) in [6.45, 7) is 1.81. The number of amides is 1. The van der Waals surface area contributed by atoms with E-state index in [2.05, 4.69) is 15.1 Å². The molecule has 8 nitrogen and oxygen atoms in total.